The fourth-order valence-electron chi connectivity index (χ4n) is 3.01. The number of nitrogens with one attached hydrogen (secondary N) is 1. The lowest BCUT2D eigenvalue weighted by atomic mass is 9.97. The van der Waals surface area contributed by atoms with E-state index in [1.807, 2.05) is 0 Å². The van der Waals surface area contributed by atoms with Gasteiger partial charge < -0.3 is 5.32 Å². The Labute approximate surface area is 124 Å². The summed E-state index contributed by atoms with van der Waals surface area (Å²) in [6.07, 6.45) is -2.28. The standard InChI is InChI=1S/C16H23F3N2/c1-3-4-15(21-10-9-20-11-12(21)2)13-5-7-14(8-6-13)16(17,18)19/h5-8,12,15,20H,3-4,9-11H2,1-2H3/t12-,15-/m0/s1. The minimum atomic E-state index is -4.26. The third-order valence-electron chi connectivity index (χ3n) is 4.14. The van der Waals surface area contributed by atoms with Crippen LogP contribution in [-0.2, 0) is 6.18 Å². The third kappa shape index (κ3) is 3.98. The molecule has 5 heteroatoms. The molecule has 1 saturated heterocycles. The van der Waals surface area contributed by atoms with Crippen LogP contribution in [0.3, 0.4) is 0 Å². The Hall–Kier alpha value is -1.07. The Balaban J connectivity index is 2.21. The number of piperazine rings is 1. The van der Waals surface area contributed by atoms with Gasteiger partial charge in [-0.2, -0.15) is 13.2 Å². The van der Waals surface area contributed by atoms with E-state index in [0.717, 1.165) is 38.0 Å². The Bertz CT molecular complexity index is 442. The van der Waals surface area contributed by atoms with E-state index in [9.17, 15) is 13.2 Å². The van der Waals surface area contributed by atoms with Crippen LogP contribution < -0.4 is 5.32 Å². The van der Waals surface area contributed by atoms with Gasteiger partial charge in [0.05, 0.1) is 5.56 Å². The summed E-state index contributed by atoms with van der Waals surface area (Å²) in [5.41, 5.74) is 0.411. The molecule has 1 heterocycles. The van der Waals surface area contributed by atoms with E-state index in [1.54, 1.807) is 12.1 Å². The first-order valence-electron chi connectivity index (χ1n) is 7.57. The molecular formula is C16H23F3N2. The summed E-state index contributed by atoms with van der Waals surface area (Å²) < 4.78 is 38.0. The van der Waals surface area contributed by atoms with Crippen molar-refractivity contribution in [1.29, 1.82) is 0 Å². The molecular weight excluding hydrogens is 277 g/mol. The molecule has 2 atom stereocenters. The lowest BCUT2D eigenvalue weighted by molar-refractivity contribution is -0.137. The fraction of sp³-hybridized carbons (Fsp3) is 0.625. The van der Waals surface area contributed by atoms with Gasteiger partial charge in [-0.25, -0.2) is 0 Å². The number of hydrogen-bond acceptors (Lipinski definition) is 2. The van der Waals surface area contributed by atoms with Crippen LogP contribution in [0.15, 0.2) is 24.3 Å². The summed E-state index contributed by atoms with van der Waals surface area (Å²) in [6.45, 7) is 7.09. The normalized spacial score (nSPS) is 22.2. The van der Waals surface area contributed by atoms with Crippen molar-refractivity contribution in [2.24, 2.45) is 0 Å². The van der Waals surface area contributed by atoms with Crippen LogP contribution in [0.5, 0.6) is 0 Å². The number of rotatable bonds is 4. The fourth-order valence-corrected chi connectivity index (χ4v) is 3.01. The van der Waals surface area contributed by atoms with Crippen molar-refractivity contribution in [3.63, 3.8) is 0 Å². The number of benzene rings is 1. The van der Waals surface area contributed by atoms with E-state index < -0.39 is 11.7 Å². The second-order valence-corrected chi connectivity index (χ2v) is 5.72. The predicted octanol–water partition coefficient (Wildman–Crippen LogP) is 3.84. The van der Waals surface area contributed by atoms with Crippen LogP contribution in [0.1, 0.15) is 43.9 Å². The van der Waals surface area contributed by atoms with Crippen LogP contribution in [0.25, 0.3) is 0 Å². The van der Waals surface area contributed by atoms with Crippen LogP contribution in [0.4, 0.5) is 13.2 Å². The average molecular weight is 300 g/mol. The third-order valence-corrected chi connectivity index (χ3v) is 4.14. The van der Waals surface area contributed by atoms with Crippen molar-refractivity contribution in [1.82, 2.24) is 10.2 Å². The Kier molecular flexibility index (Phi) is 5.27. The molecule has 1 aliphatic heterocycles. The minimum absolute atomic E-state index is 0.203. The van der Waals surface area contributed by atoms with E-state index in [2.05, 4.69) is 24.1 Å². The molecule has 0 unspecified atom stereocenters. The van der Waals surface area contributed by atoms with Crippen molar-refractivity contribution >= 4 is 0 Å². The smallest absolute Gasteiger partial charge is 0.314 e. The molecule has 0 radical (unpaired) electrons. The highest BCUT2D eigenvalue weighted by molar-refractivity contribution is 5.27. The van der Waals surface area contributed by atoms with E-state index in [1.165, 1.54) is 12.1 Å². The van der Waals surface area contributed by atoms with E-state index >= 15 is 0 Å². The van der Waals surface area contributed by atoms with Gasteiger partial charge in [-0.3, -0.25) is 4.90 Å². The van der Waals surface area contributed by atoms with Crippen LogP contribution in [0, 0.1) is 0 Å². The second-order valence-electron chi connectivity index (χ2n) is 5.72. The SMILES string of the molecule is CCC[C@@H](c1ccc(C(F)(F)F)cc1)N1CCNC[C@@H]1C. The van der Waals surface area contributed by atoms with Crippen molar-refractivity contribution < 1.29 is 13.2 Å². The van der Waals surface area contributed by atoms with Gasteiger partial charge in [0.2, 0.25) is 0 Å². The number of hydrogen-bond donors (Lipinski definition) is 1. The molecule has 1 aromatic carbocycles. The van der Waals surface area contributed by atoms with Gasteiger partial charge in [-0.1, -0.05) is 25.5 Å². The van der Waals surface area contributed by atoms with Crippen LogP contribution in [0.2, 0.25) is 0 Å². The largest absolute Gasteiger partial charge is 0.416 e. The highest BCUT2D eigenvalue weighted by atomic mass is 19.4. The first-order chi connectivity index (χ1) is 9.93. The van der Waals surface area contributed by atoms with Gasteiger partial charge in [-0.15, -0.1) is 0 Å². The molecule has 0 amide bonds. The Morgan fingerprint density at radius 2 is 1.95 bits per heavy atom. The molecule has 0 aliphatic carbocycles. The van der Waals surface area contributed by atoms with Crippen molar-refractivity contribution in [2.45, 2.75) is 44.9 Å². The van der Waals surface area contributed by atoms with Crippen LogP contribution in [-0.4, -0.2) is 30.6 Å². The average Bonchev–Trinajstić information content (AvgIpc) is 2.45. The van der Waals surface area contributed by atoms with Gasteiger partial charge >= 0.3 is 6.18 Å². The topological polar surface area (TPSA) is 15.3 Å². The molecule has 0 bridgehead atoms. The molecule has 0 aromatic heterocycles. The van der Waals surface area contributed by atoms with E-state index in [4.69, 9.17) is 0 Å². The Morgan fingerprint density at radius 1 is 1.29 bits per heavy atom. The highest BCUT2D eigenvalue weighted by Crippen LogP contribution is 2.33. The quantitative estimate of drug-likeness (QED) is 0.909. The summed E-state index contributed by atoms with van der Waals surface area (Å²) in [4.78, 5) is 2.41. The van der Waals surface area contributed by atoms with Gasteiger partial charge in [0, 0.05) is 31.7 Å². The van der Waals surface area contributed by atoms with Gasteiger partial charge in [0.25, 0.3) is 0 Å². The van der Waals surface area contributed by atoms with Gasteiger partial charge in [0.1, 0.15) is 0 Å². The first kappa shape index (κ1) is 16.3. The molecule has 0 spiro atoms. The lowest BCUT2D eigenvalue weighted by Crippen LogP contribution is -2.51. The molecule has 0 saturated carbocycles. The summed E-state index contributed by atoms with van der Waals surface area (Å²) >= 11 is 0. The zero-order valence-electron chi connectivity index (χ0n) is 12.6. The molecule has 118 valence electrons. The maximum absolute atomic E-state index is 12.7. The maximum atomic E-state index is 12.7. The monoisotopic (exact) mass is 300 g/mol. The summed E-state index contributed by atoms with van der Waals surface area (Å²) in [7, 11) is 0. The maximum Gasteiger partial charge on any atom is 0.416 e. The number of nitrogens with zero attached hydrogens (tertiary/aromatic N) is 1. The van der Waals surface area contributed by atoms with Gasteiger partial charge in [-0.05, 0) is 31.0 Å². The zero-order valence-corrected chi connectivity index (χ0v) is 12.6. The predicted molar refractivity (Wildman–Crippen MR) is 78.1 cm³/mol. The molecule has 2 nitrogen and oxygen atoms in total. The molecule has 1 fully saturated rings. The molecule has 2 rings (SSSR count). The zero-order chi connectivity index (χ0) is 15.5. The second kappa shape index (κ2) is 6.79. The summed E-state index contributed by atoms with van der Waals surface area (Å²) in [5, 5.41) is 3.35. The van der Waals surface area contributed by atoms with E-state index in [0.29, 0.717) is 6.04 Å². The minimum Gasteiger partial charge on any atom is -0.314 e. The Morgan fingerprint density at radius 3 is 2.48 bits per heavy atom. The lowest BCUT2D eigenvalue weighted by Gasteiger charge is -2.40. The van der Waals surface area contributed by atoms with Gasteiger partial charge in [0.15, 0.2) is 0 Å². The van der Waals surface area contributed by atoms with Crippen molar-refractivity contribution in [2.75, 3.05) is 19.6 Å². The molecule has 1 aliphatic rings. The summed E-state index contributed by atoms with van der Waals surface area (Å²) in [6, 6.07) is 6.28. The highest BCUT2D eigenvalue weighted by Gasteiger charge is 2.31. The number of alkyl halides is 3. The molecule has 21 heavy (non-hydrogen) atoms. The summed E-state index contributed by atoms with van der Waals surface area (Å²) in [5.74, 6) is 0. The first-order valence-corrected chi connectivity index (χ1v) is 7.57. The van der Waals surface area contributed by atoms with E-state index in [-0.39, 0.29) is 6.04 Å². The molecule has 1 N–H and O–H groups in total. The van der Waals surface area contributed by atoms with Crippen LogP contribution >= 0.6 is 0 Å². The molecule has 1 aromatic rings. The van der Waals surface area contributed by atoms with Crippen molar-refractivity contribution in [3.8, 4) is 0 Å². The number of halogens is 3. The van der Waals surface area contributed by atoms with Crippen molar-refractivity contribution in [3.05, 3.63) is 35.4 Å².